The predicted octanol–water partition coefficient (Wildman–Crippen LogP) is 4.72. The average molecular weight is 361 g/mol. The van der Waals surface area contributed by atoms with Crippen LogP contribution >= 0.6 is 0 Å². The zero-order chi connectivity index (χ0) is 19.2. The highest BCUT2D eigenvalue weighted by atomic mass is 19.3. The normalized spacial score (nSPS) is 18.4. The highest BCUT2D eigenvalue weighted by Gasteiger charge is 2.41. The maximum atomic E-state index is 13.1. The van der Waals surface area contributed by atoms with Gasteiger partial charge in [-0.3, -0.25) is 9.48 Å². The van der Waals surface area contributed by atoms with Crippen LogP contribution in [0.25, 0.3) is 0 Å². The van der Waals surface area contributed by atoms with E-state index in [0.717, 1.165) is 12.0 Å². The number of nitrogens with zero attached hydrogens (tertiary/aromatic N) is 2. The van der Waals surface area contributed by atoms with Crippen LogP contribution in [0.3, 0.4) is 0 Å². The Labute approximate surface area is 152 Å². The monoisotopic (exact) mass is 361 g/mol. The molecule has 1 aromatic carbocycles. The first kappa shape index (κ1) is 18.5. The highest BCUT2D eigenvalue weighted by molar-refractivity contribution is 6.05. The molecule has 1 aliphatic rings. The minimum absolute atomic E-state index is 0.00662. The Bertz CT molecular complexity index is 840. The molecule has 0 fully saturated rings. The molecule has 6 heteroatoms. The van der Waals surface area contributed by atoms with Crippen molar-refractivity contribution in [2.45, 2.75) is 46.0 Å². The fourth-order valence-electron chi connectivity index (χ4n) is 4.30. The predicted molar refractivity (Wildman–Crippen MR) is 97.6 cm³/mol. The van der Waals surface area contributed by atoms with Crippen molar-refractivity contribution in [3.63, 3.8) is 0 Å². The summed E-state index contributed by atoms with van der Waals surface area (Å²) in [7, 11) is 1.53. The molecule has 0 saturated heterocycles. The summed E-state index contributed by atoms with van der Waals surface area (Å²) in [5.41, 5.74) is 2.46. The van der Waals surface area contributed by atoms with E-state index in [1.54, 1.807) is 0 Å². The van der Waals surface area contributed by atoms with Gasteiger partial charge in [0.05, 0.1) is 5.56 Å². The molecule has 4 nitrogen and oxygen atoms in total. The van der Waals surface area contributed by atoms with Gasteiger partial charge in [0.2, 0.25) is 0 Å². The Hall–Kier alpha value is -2.24. The third kappa shape index (κ3) is 3.02. The molecule has 1 amide bonds. The van der Waals surface area contributed by atoms with Crippen LogP contribution in [-0.2, 0) is 18.9 Å². The molecule has 0 saturated carbocycles. The molecule has 140 valence electrons. The van der Waals surface area contributed by atoms with Crippen molar-refractivity contribution in [1.82, 2.24) is 9.78 Å². The molecule has 3 rings (SSSR count). The molecule has 1 N–H and O–H groups in total. The third-order valence-electron chi connectivity index (χ3n) is 5.58. The summed E-state index contributed by atoms with van der Waals surface area (Å²) >= 11 is 0. The Morgan fingerprint density at radius 1 is 1.35 bits per heavy atom. The second-order valence-corrected chi connectivity index (χ2v) is 7.96. The largest absolute Gasteiger partial charge is 0.322 e. The molecule has 1 atom stereocenters. The van der Waals surface area contributed by atoms with Crippen LogP contribution < -0.4 is 5.32 Å². The Morgan fingerprint density at radius 2 is 2.04 bits per heavy atom. The van der Waals surface area contributed by atoms with Crippen LogP contribution in [0.2, 0.25) is 0 Å². The van der Waals surface area contributed by atoms with E-state index in [2.05, 4.69) is 44.2 Å². The number of benzene rings is 1. The molecule has 0 aliphatic heterocycles. The lowest BCUT2D eigenvalue weighted by Crippen LogP contribution is -2.28. The smallest absolute Gasteiger partial charge is 0.282 e. The van der Waals surface area contributed by atoms with Gasteiger partial charge in [0, 0.05) is 18.9 Å². The number of hydrogen-bond acceptors (Lipinski definition) is 2. The highest BCUT2D eigenvalue weighted by Crippen LogP contribution is 2.48. The number of amides is 1. The summed E-state index contributed by atoms with van der Waals surface area (Å²) in [6, 6.07) is 5.85. The maximum absolute atomic E-state index is 13.1. The lowest BCUT2D eigenvalue weighted by molar-refractivity contribution is 0.101. The number of hydrogen-bond donors (Lipinski definition) is 1. The summed E-state index contributed by atoms with van der Waals surface area (Å²) in [4.78, 5) is 12.6. The number of anilines is 1. The lowest BCUT2D eigenvalue weighted by Gasteiger charge is -2.31. The van der Waals surface area contributed by atoms with Gasteiger partial charge in [-0.2, -0.15) is 5.10 Å². The first-order chi connectivity index (χ1) is 12.1. The number of nitrogens with one attached hydrogen (secondary N) is 1. The maximum Gasteiger partial charge on any atom is 0.282 e. The van der Waals surface area contributed by atoms with Gasteiger partial charge in [0.1, 0.15) is 5.69 Å². The van der Waals surface area contributed by atoms with Crippen LogP contribution in [0.5, 0.6) is 0 Å². The minimum Gasteiger partial charge on any atom is -0.322 e. The summed E-state index contributed by atoms with van der Waals surface area (Å²) < 4.78 is 27.5. The molecule has 1 unspecified atom stereocenters. The Balaban J connectivity index is 1.95. The summed E-state index contributed by atoms with van der Waals surface area (Å²) in [6.07, 6.45) is -0.589. The quantitative estimate of drug-likeness (QED) is 0.857. The number of carbonyl (C=O) groups is 1. The molecule has 26 heavy (non-hydrogen) atoms. The SMILES string of the molecule is CC(C)C1Cc2c(NC(=O)c3cn(C)nc3C(F)F)cccc2C1(C)C. The molecule has 0 radical (unpaired) electrons. The zero-order valence-corrected chi connectivity index (χ0v) is 15.8. The van der Waals surface area contributed by atoms with E-state index in [4.69, 9.17) is 0 Å². The lowest BCUT2D eigenvalue weighted by atomic mass is 9.73. The summed E-state index contributed by atoms with van der Waals surface area (Å²) in [5.74, 6) is 0.419. The first-order valence-electron chi connectivity index (χ1n) is 8.88. The number of rotatable bonds is 4. The van der Waals surface area contributed by atoms with Crippen LogP contribution in [0.1, 0.15) is 61.3 Å². The Morgan fingerprint density at radius 3 is 2.65 bits per heavy atom. The van der Waals surface area contributed by atoms with Crippen molar-refractivity contribution in [2.75, 3.05) is 5.32 Å². The van der Waals surface area contributed by atoms with Crippen molar-refractivity contribution in [3.8, 4) is 0 Å². The molecule has 2 aromatic rings. The fourth-order valence-corrected chi connectivity index (χ4v) is 4.30. The van der Waals surface area contributed by atoms with Gasteiger partial charge in [-0.25, -0.2) is 8.78 Å². The van der Waals surface area contributed by atoms with Gasteiger partial charge < -0.3 is 5.32 Å². The van der Waals surface area contributed by atoms with Gasteiger partial charge in [-0.1, -0.05) is 39.8 Å². The molecule has 1 aliphatic carbocycles. The topological polar surface area (TPSA) is 46.9 Å². The summed E-state index contributed by atoms with van der Waals surface area (Å²) in [5, 5.41) is 6.55. The minimum atomic E-state index is -2.79. The van der Waals surface area contributed by atoms with Gasteiger partial charge >= 0.3 is 0 Å². The average Bonchev–Trinajstić information content (AvgIpc) is 3.06. The van der Waals surface area contributed by atoms with Crippen LogP contribution in [0, 0.1) is 11.8 Å². The van der Waals surface area contributed by atoms with E-state index in [0.29, 0.717) is 17.5 Å². The first-order valence-corrected chi connectivity index (χ1v) is 8.88. The van der Waals surface area contributed by atoms with E-state index in [1.807, 2.05) is 12.1 Å². The molecule has 1 heterocycles. The van der Waals surface area contributed by atoms with Gasteiger partial charge in [0.25, 0.3) is 12.3 Å². The standard InChI is InChI=1S/C20H25F2N3O/c1-11(2)15-9-12-14(20(15,3)4)7-6-8-16(12)23-19(26)13-10-25(5)24-17(13)18(21)22/h6-8,10-11,15,18H,9H2,1-5H3,(H,23,26). The van der Waals surface area contributed by atoms with Crippen LogP contribution in [-0.4, -0.2) is 15.7 Å². The second kappa shape index (κ2) is 6.49. The van der Waals surface area contributed by atoms with Crippen LogP contribution in [0.4, 0.5) is 14.5 Å². The number of halogens is 2. The number of alkyl halides is 2. The van der Waals surface area contributed by atoms with Crippen molar-refractivity contribution < 1.29 is 13.6 Å². The molecular weight excluding hydrogens is 336 g/mol. The summed E-state index contributed by atoms with van der Waals surface area (Å²) in [6.45, 7) is 8.87. The van der Waals surface area contributed by atoms with Gasteiger partial charge in [0.15, 0.2) is 0 Å². The third-order valence-corrected chi connectivity index (χ3v) is 5.58. The zero-order valence-electron chi connectivity index (χ0n) is 15.8. The van der Waals surface area contributed by atoms with Crippen molar-refractivity contribution in [2.24, 2.45) is 18.9 Å². The molecule has 0 bridgehead atoms. The molecule has 1 aromatic heterocycles. The number of fused-ring (bicyclic) bond motifs is 1. The van der Waals surface area contributed by atoms with Gasteiger partial charge in [-0.05, 0) is 40.9 Å². The van der Waals surface area contributed by atoms with Crippen molar-refractivity contribution >= 4 is 11.6 Å². The van der Waals surface area contributed by atoms with E-state index in [9.17, 15) is 13.6 Å². The second-order valence-electron chi connectivity index (χ2n) is 7.96. The van der Waals surface area contributed by atoms with E-state index in [-0.39, 0.29) is 11.0 Å². The number of carbonyl (C=O) groups excluding carboxylic acids is 1. The van der Waals surface area contributed by atoms with Crippen LogP contribution in [0.15, 0.2) is 24.4 Å². The fraction of sp³-hybridized carbons (Fsp3) is 0.500. The van der Waals surface area contributed by atoms with Crippen molar-refractivity contribution in [1.29, 1.82) is 0 Å². The van der Waals surface area contributed by atoms with E-state index < -0.39 is 18.0 Å². The Kier molecular flexibility index (Phi) is 4.63. The van der Waals surface area contributed by atoms with E-state index in [1.165, 1.54) is 23.5 Å². The molecule has 0 spiro atoms. The van der Waals surface area contributed by atoms with Crippen molar-refractivity contribution in [3.05, 3.63) is 46.8 Å². The number of aromatic nitrogens is 2. The van der Waals surface area contributed by atoms with E-state index >= 15 is 0 Å². The van der Waals surface area contributed by atoms with Gasteiger partial charge in [-0.15, -0.1) is 0 Å². The molecular formula is C20H25F2N3O. The number of aryl methyl sites for hydroxylation is 1.